The summed E-state index contributed by atoms with van der Waals surface area (Å²) in [5.41, 5.74) is 4.74. The molecule has 9 heteroatoms. The van der Waals surface area contributed by atoms with E-state index in [0.29, 0.717) is 34.7 Å². The van der Waals surface area contributed by atoms with Crippen LogP contribution < -0.4 is 15.1 Å². The summed E-state index contributed by atoms with van der Waals surface area (Å²) in [7, 11) is 3.83. The number of likely N-dealkylation sites (N-methyl/N-ethyl adjacent to an activating group) is 1. The highest BCUT2D eigenvalue weighted by Crippen LogP contribution is 2.68. The number of nitriles is 1. The van der Waals surface area contributed by atoms with Crippen LogP contribution in [0.25, 0.3) is 0 Å². The molecule has 0 amide bonds. The molecule has 2 saturated heterocycles. The molecule has 4 aliphatic rings. The third-order valence-corrected chi connectivity index (χ3v) is 11.4. The molecule has 0 atom stereocenters. The van der Waals surface area contributed by atoms with E-state index < -0.39 is 5.41 Å². The number of hydrogen-bond acceptors (Lipinski definition) is 8. The summed E-state index contributed by atoms with van der Waals surface area (Å²) in [5, 5.41) is 22.6. The quantitative estimate of drug-likeness (QED) is 0.118. The van der Waals surface area contributed by atoms with Crippen LogP contribution >= 0.6 is 0 Å². The van der Waals surface area contributed by atoms with E-state index >= 15 is 0 Å². The number of carbonyl (C=O) groups is 2. The van der Waals surface area contributed by atoms with Gasteiger partial charge >= 0.3 is 0 Å². The lowest BCUT2D eigenvalue weighted by atomic mass is 9.57. The van der Waals surface area contributed by atoms with Gasteiger partial charge in [0.1, 0.15) is 11.7 Å². The second-order valence-corrected chi connectivity index (χ2v) is 15.1. The zero-order valence-corrected chi connectivity index (χ0v) is 31.1. The van der Waals surface area contributed by atoms with E-state index in [1.807, 2.05) is 57.1 Å². The van der Waals surface area contributed by atoms with E-state index in [1.165, 1.54) is 12.8 Å². The highest BCUT2D eigenvalue weighted by molar-refractivity contribution is 6.11. The summed E-state index contributed by atoms with van der Waals surface area (Å²) in [6, 6.07) is 14.5. The molecule has 2 heterocycles. The lowest BCUT2D eigenvalue weighted by molar-refractivity contribution is 0.0888. The minimum absolute atomic E-state index is 0.0402. The second kappa shape index (κ2) is 14.9. The number of hydrogen-bond donors (Lipinski definition) is 2. The minimum Gasteiger partial charge on any atom is -0.375 e. The van der Waals surface area contributed by atoms with Crippen LogP contribution in [0.5, 0.6) is 0 Å². The van der Waals surface area contributed by atoms with E-state index in [1.54, 1.807) is 13.0 Å². The first-order chi connectivity index (χ1) is 24.6. The first-order valence-electron chi connectivity index (χ1n) is 18.7. The molecule has 2 aromatic rings. The Morgan fingerprint density at radius 1 is 1.10 bits per heavy atom. The van der Waals surface area contributed by atoms with E-state index in [9.17, 15) is 14.9 Å². The third kappa shape index (κ3) is 7.41. The Kier molecular flexibility index (Phi) is 10.6. The van der Waals surface area contributed by atoms with Crippen LogP contribution in [0, 0.1) is 39.9 Å². The van der Waals surface area contributed by atoms with Crippen LogP contribution in [0.3, 0.4) is 0 Å². The van der Waals surface area contributed by atoms with Gasteiger partial charge in [-0.15, -0.1) is 0 Å². The van der Waals surface area contributed by atoms with Crippen LogP contribution in [0.1, 0.15) is 97.6 Å². The number of nitrogens with zero attached hydrogens (tertiary/aromatic N) is 5. The minimum atomic E-state index is -0.437. The summed E-state index contributed by atoms with van der Waals surface area (Å²) < 4.78 is 0. The standard InChI is InChI=1S/C42H53N7O2/c1-6-8-11-32-14-15-33(42(29-43)27-41(28-42)16-17-41)22-36(32)46(5)38(44)23-39(45-4)49-25-31(26-49)24-47-18-20-48(21-19-47)35-13-9-12-34(37(51)10-7-2)40(35)30(3)50/h9,12-15,22-23,31,44-45H,6-7,10,16-21,24-28H2,1-5H3/b39-23+,44-38?. The third-order valence-electron chi connectivity index (χ3n) is 11.4. The van der Waals surface area contributed by atoms with Crippen LogP contribution in [0.4, 0.5) is 11.4 Å². The van der Waals surface area contributed by atoms with Gasteiger partial charge in [0.05, 0.1) is 22.7 Å². The Morgan fingerprint density at radius 3 is 2.43 bits per heavy atom. The van der Waals surface area contributed by atoms with Gasteiger partial charge in [-0.3, -0.25) is 19.9 Å². The fraction of sp³-hybridized carbons (Fsp3) is 0.524. The molecule has 0 aromatic heterocycles. The van der Waals surface area contributed by atoms with Gasteiger partial charge in [0.25, 0.3) is 0 Å². The maximum atomic E-state index is 12.8. The first kappa shape index (κ1) is 36.2. The topological polar surface area (TPSA) is 107 Å². The Morgan fingerprint density at radius 2 is 1.82 bits per heavy atom. The molecule has 0 bridgehead atoms. The number of ketones is 2. The van der Waals surface area contributed by atoms with Gasteiger partial charge in [-0.05, 0) is 68.2 Å². The Labute approximate surface area is 304 Å². The Bertz CT molecular complexity index is 1800. The molecule has 2 aromatic carbocycles. The summed E-state index contributed by atoms with van der Waals surface area (Å²) in [6.45, 7) is 11.8. The van der Waals surface area contributed by atoms with Crippen molar-refractivity contribution in [3.63, 3.8) is 0 Å². The Hall–Kier alpha value is -4.60. The predicted molar refractivity (Wildman–Crippen MR) is 204 cm³/mol. The smallest absolute Gasteiger partial charge is 0.163 e. The summed E-state index contributed by atoms with van der Waals surface area (Å²) in [4.78, 5) is 34.4. The molecular weight excluding hydrogens is 635 g/mol. The van der Waals surface area contributed by atoms with Gasteiger partial charge in [0.15, 0.2) is 11.6 Å². The molecule has 4 fully saturated rings. The number of anilines is 2. The van der Waals surface area contributed by atoms with Crippen molar-refractivity contribution < 1.29 is 9.59 Å². The average Bonchev–Trinajstić information content (AvgIpc) is 3.91. The molecule has 0 unspecified atom stereocenters. The normalized spacial score (nSPS) is 19.3. The lowest BCUT2D eigenvalue weighted by Gasteiger charge is -2.46. The van der Waals surface area contributed by atoms with Crippen LogP contribution in [-0.2, 0) is 5.41 Å². The molecule has 9 nitrogen and oxygen atoms in total. The number of amidine groups is 1. The van der Waals surface area contributed by atoms with Gasteiger partial charge in [-0.25, -0.2) is 0 Å². The van der Waals surface area contributed by atoms with Crippen LogP contribution in [0.15, 0.2) is 48.3 Å². The molecule has 268 valence electrons. The fourth-order valence-corrected chi connectivity index (χ4v) is 8.37. The van der Waals surface area contributed by atoms with E-state index in [4.69, 9.17) is 5.41 Å². The zero-order chi connectivity index (χ0) is 36.3. The highest BCUT2D eigenvalue weighted by atomic mass is 16.1. The van der Waals surface area contributed by atoms with Crippen molar-refractivity contribution in [2.75, 3.05) is 69.7 Å². The van der Waals surface area contributed by atoms with Crippen molar-refractivity contribution in [3.05, 3.63) is 70.5 Å². The largest absolute Gasteiger partial charge is 0.375 e. The number of piperazine rings is 1. The SMILES string of the molecule is CCC#Cc1ccc(C2(C#N)CC3(CC3)C2)cc1N(C)C(=N)/C=C(\NC)N1CC(CN2CCN(c3cccc(C(=O)CCC)c3C(C)=O)CC2)C1. The van der Waals surface area contributed by atoms with Crippen LogP contribution in [-0.4, -0.2) is 87.1 Å². The molecule has 51 heavy (non-hydrogen) atoms. The average molecular weight is 688 g/mol. The highest BCUT2D eigenvalue weighted by Gasteiger charge is 2.62. The van der Waals surface area contributed by atoms with Crippen LogP contribution in [0.2, 0.25) is 0 Å². The number of Topliss-reactive ketones (excluding diaryl/α,β-unsaturated/α-hetero) is 2. The first-order valence-corrected chi connectivity index (χ1v) is 18.7. The van der Waals surface area contributed by atoms with Crippen molar-refractivity contribution in [2.24, 2.45) is 11.3 Å². The van der Waals surface area contributed by atoms with Crippen molar-refractivity contribution in [3.8, 4) is 17.9 Å². The van der Waals surface area contributed by atoms with Gasteiger partial charge in [0, 0.05) is 102 Å². The number of likely N-dealkylation sites (tertiary alicyclic amines) is 1. The van der Waals surface area contributed by atoms with E-state index in [2.05, 4.69) is 50.1 Å². The predicted octanol–water partition coefficient (Wildman–Crippen LogP) is 6.20. The fourth-order valence-electron chi connectivity index (χ4n) is 8.37. The summed E-state index contributed by atoms with van der Waals surface area (Å²) in [5.74, 6) is 8.28. The number of benzene rings is 2. The molecule has 2 aliphatic heterocycles. The van der Waals surface area contributed by atoms with Crippen molar-refractivity contribution in [1.82, 2.24) is 15.1 Å². The van der Waals surface area contributed by atoms with Crippen molar-refractivity contribution >= 4 is 28.8 Å². The maximum Gasteiger partial charge on any atom is 0.163 e. The molecule has 2 saturated carbocycles. The van der Waals surface area contributed by atoms with Gasteiger partial charge in [-0.1, -0.05) is 43.9 Å². The number of rotatable bonds is 12. The van der Waals surface area contributed by atoms with Gasteiger partial charge in [-0.2, -0.15) is 5.26 Å². The molecular formula is C42H53N7O2. The number of carbonyl (C=O) groups excluding carboxylic acids is 2. The van der Waals surface area contributed by atoms with Gasteiger partial charge in [0.2, 0.25) is 0 Å². The molecule has 2 N–H and O–H groups in total. The molecule has 6 rings (SSSR count). The summed E-state index contributed by atoms with van der Waals surface area (Å²) in [6.07, 6.45) is 8.20. The van der Waals surface area contributed by atoms with Gasteiger partial charge < -0.3 is 20.0 Å². The second-order valence-electron chi connectivity index (χ2n) is 15.1. The maximum absolute atomic E-state index is 12.8. The van der Waals surface area contributed by atoms with E-state index in [0.717, 1.165) is 99.8 Å². The number of nitrogens with one attached hydrogen (secondary N) is 2. The lowest BCUT2D eigenvalue weighted by Crippen LogP contribution is -2.55. The molecule has 0 radical (unpaired) electrons. The van der Waals surface area contributed by atoms with Crippen molar-refractivity contribution in [2.45, 2.75) is 71.1 Å². The zero-order valence-electron chi connectivity index (χ0n) is 31.1. The molecule has 2 aliphatic carbocycles. The molecule has 1 spiro atoms. The van der Waals surface area contributed by atoms with E-state index in [-0.39, 0.29) is 11.6 Å². The monoisotopic (exact) mass is 687 g/mol. The van der Waals surface area contributed by atoms with Crippen molar-refractivity contribution in [1.29, 1.82) is 10.7 Å². The Balaban J connectivity index is 1.06. The summed E-state index contributed by atoms with van der Waals surface area (Å²) >= 11 is 0.